The predicted molar refractivity (Wildman–Crippen MR) is 125 cm³/mol. The molecular weight excluding hydrogens is 428 g/mol. The van der Waals surface area contributed by atoms with Crippen molar-refractivity contribution in [2.24, 2.45) is 0 Å². The average molecular weight is 455 g/mol. The van der Waals surface area contributed by atoms with Gasteiger partial charge < -0.3 is 15.0 Å². The average Bonchev–Trinajstić information content (AvgIpc) is 3.09. The van der Waals surface area contributed by atoms with Gasteiger partial charge in [0.2, 0.25) is 5.91 Å². The first kappa shape index (κ1) is 22.2. The van der Waals surface area contributed by atoms with Crippen molar-refractivity contribution in [2.45, 2.75) is 33.6 Å². The van der Waals surface area contributed by atoms with Gasteiger partial charge in [0.1, 0.15) is 12.1 Å². The number of nitrogens with one attached hydrogen (secondary N) is 1. The molecule has 3 aromatic rings. The number of hydrogen-bond donors (Lipinski definition) is 1. The number of aromatic nitrogens is 4. The van der Waals surface area contributed by atoms with Crippen LogP contribution in [0, 0.1) is 20.8 Å². The number of rotatable bonds is 6. The third-order valence-electron chi connectivity index (χ3n) is 5.71. The van der Waals surface area contributed by atoms with Crippen molar-refractivity contribution in [3.05, 3.63) is 58.1 Å². The maximum Gasteiger partial charge on any atom is 0.224 e. The minimum absolute atomic E-state index is 0.0569. The van der Waals surface area contributed by atoms with Gasteiger partial charge in [-0.2, -0.15) is 5.10 Å². The van der Waals surface area contributed by atoms with Crippen LogP contribution in [-0.2, 0) is 16.0 Å². The number of halogens is 1. The number of ether oxygens (including phenoxy) is 1. The second-order valence-electron chi connectivity index (χ2n) is 7.90. The lowest BCUT2D eigenvalue weighted by atomic mass is 10.1. The molecule has 8 nitrogen and oxygen atoms in total. The van der Waals surface area contributed by atoms with Crippen LogP contribution in [-0.4, -0.2) is 52.0 Å². The summed E-state index contributed by atoms with van der Waals surface area (Å²) < 4.78 is 7.26. The summed E-state index contributed by atoms with van der Waals surface area (Å²) in [6.45, 7) is 8.91. The van der Waals surface area contributed by atoms with Crippen LogP contribution in [0.15, 0.2) is 30.6 Å². The van der Waals surface area contributed by atoms with E-state index in [1.54, 1.807) is 12.4 Å². The third-order valence-corrected chi connectivity index (χ3v) is 5.94. The van der Waals surface area contributed by atoms with Crippen molar-refractivity contribution in [3.8, 4) is 5.82 Å². The molecule has 168 valence electrons. The molecule has 1 fully saturated rings. The molecule has 0 radical (unpaired) electrons. The minimum atomic E-state index is -0.0569. The van der Waals surface area contributed by atoms with Crippen molar-refractivity contribution in [2.75, 3.05) is 36.5 Å². The van der Waals surface area contributed by atoms with Crippen LogP contribution in [0.4, 0.5) is 11.5 Å². The highest BCUT2D eigenvalue weighted by atomic mass is 35.5. The van der Waals surface area contributed by atoms with Crippen molar-refractivity contribution in [1.29, 1.82) is 0 Å². The van der Waals surface area contributed by atoms with Crippen molar-refractivity contribution in [1.82, 2.24) is 19.7 Å². The molecule has 0 saturated carbocycles. The van der Waals surface area contributed by atoms with Gasteiger partial charge in [-0.25, -0.2) is 14.6 Å². The van der Waals surface area contributed by atoms with Gasteiger partial charge in [0.05, 0.1) is 18.9 Å². The summed E-state index contributed by atoms with van der Waals surface area (Å²) in [5.74, 6) is 1.52. The second kappa shape index (κ2) is 9.67. The number of nitrogens with zero attached hydrogens (tertiary/aromatic N) is 5. The number of benzene rings is 1. The van der Waals surface area contributed by atoms with Crippen LogP contribution in [0.3, 0.4) is 0 Å². The van der Waals surface area contributed by atoms with E-state index in [0.717, 1.165) is 47.1 Å². The van der Waals surface area contributed by atoms with Crippen LogP contribution < -0.4 is 10.2 Å². The molecule has 0 spiro atoms. The number of carbonyl (C=O) groups is 1. The Labute approximate surface area is 192 Å². The first-order valence-electron chi connectivity index (χ1n) is 10.7. The Hall–Kier alpha value is -2.97. The second-order valence-corrected chi connectivity index (χ2v) is 8.34. The number of morpholine rings is 1. The number of carbonyl (C=O) groups excluding carboxylic acids is 1. The summed E-state index contributed by atoms with van der Waals surface area (Å²) >= 11 is 6.05. The van der Waals surface area contributed by atoms with Crippen LogP contribution in [0.5, 0.6) is 0 Å². The number of amides is 1. The fourth-order valence-electron chi connectivity index (χ4n) is 3.86. The summed E-state index contributed by atoms with van der Waals surface area (Å²) in [6.07, 6.45) is 2.50. The molecule has 3 heterocycles. The van der Waals surface area contributed by atoms with Crippen molar-refractivity contribution < 1.29 is 9.53 Å². The molecule has 9 heteroatoms. The number of aryl methyl sites for hydroxylation is 2. The van der Waals surface area contributed by atoms with E-state index in [0.29, 0.717) is 36.9 Å². The molecule has 1 N–H and O–H groups in total. The Morgan fingerprint density at radius 3 is 2.66 bits per heavy atom. The fraction of sp³-hybridized carbons (Fsp3) is 0.391. The summed E-state index contributed by atoms with van der Waals surface area (Å²) in [5, 5.41) is 8.24. The largest absolute Gasteiger partial charge is 0.378 e. The molecule has 32 heavy (non-hydrogen) atoms. The van der Waals surface area contributed by atoms with E-state index in [4.69, 9.17) is 16.3 Å². The minimum Gasteiger partial charge on any atom is -0.378 e. The lowest BCUT2D eigenvalue weighted by Gasteiger charge is -2.27. The van der Waals surface area contributed by atoms with Crippen LogP contribution in [0.25, 0.3) is 5.82 Å². The molecule has 1 aliphatic rings. The Bertz CT molecular complexity index is 1120. The van der Waals surface area contributed by atoms with Crippen LogP contribution >= 0.6 is 11.6 Å². The molecule has 1 amide bonds. The van der Waals surface area contributed by atoms with E-state index in [2.05, 4.69) is 25.3 Å². The normalized spacial score (nSPS) is 13.9. The molecule has 1 saturated heterocycles. The lowest BCUT2D eigenvalue weighted by molar-refractivity contribution is -0.116. The standard InChI is InChI=1S/C23H27ClN6O2/c1-15-4-5-18(24)12-20(15)27-23(31)7-6-19-16(2)28-30(17(19)3)22-13-21(25-14-26-22)29-8-10-32-11-9-29/h4-5,12-14H,6-11H2,1-3H3,(H,27,31). The highest BCUT2D eigenvalue weighted by Crippen LogP contribution is 2.23. The van der Waals surface area contributed by atoms with Crippen molar-refractivity contribution >= 4 is 29.0 Å². The molecule has 0 aliphatic carbocycles. The highest BCUT2D eigenvalue weighted by Gasteiger charge is 2.18. The number of hydrogen-bond acceptors (Lipinski definition) is 6. The zero-order valence-electron chi connectivity index (χ0n) is 18.6. The zero-order valence-corrected chi connectivity index (χ0v) is 19.3. The molecule has 1 aromatic carbocycles. The van der Waals surface area contributed by atoms with E-state index in [1.807, 2.05) is 43.7 Å². The lowest BCUT2D eigenvalue weighted by Crippen LogP contribution is -2.36. The van der Waals surface area contributed by atoms with Crippen LogP contribution in [0.1, 0.15) is 28.9 Å². The van der Waals surface area contributed by atoms with Gasteiger partial charge in [-0.1, -0.05) is 17.7 Å². The van der Waals surface area contributed by atoms with Gasteiger partial charge in [-0.3, -0.25) is 4.79 Å². The fourth-order valence-corrected chi connectivity index (χ4v) is 4.03. The molecule has 0 unspecified atom stereocenters. The third kappa shape index (κ3) is 4.92. The maximum absolute atomic E-state index is 12.6. The topological polar surface area (TPSA) is 85.2 Å². The molecular formula is C23H27ClN6O2. The van der Waals surface area contributed by atoms with Gasteiger partial charge in [0.15, 0.2) is 5.82 Å². The first-order chi connectivity index (χ1) is 15.4. The van der Waals surface area contributed by atoms with Crippen molar-refractivity contribution in [3.63, 3.8) is 0 Å². The van der Waals surface area contributed by atoms with Gasteiger partial charge in [-0.15, -0.1) is 0 Å². The highest BCUT2D eigenvalue weighted by molar-refractivity contribution is 6.31. The summed E-state index contributed by atoms with van der Waals surface area (Å²) in [4.78, 5) is 23.6. The maximum atomic E-state index is 12.6. The first-order valence-corrected chi connectivity index (χ1v) is 11.1. The Kier molecular flexibility index (Phi) is 6.72. The monoisotopic (exact) mass is 454 g/mol. The molecule has 0 bridgehead atoms. The Balaban J connectivity index is 1.47. The van der Waals surface area contributed by atoms with E-state index in [1.165, 1.54) is 0 Å². The Morgan fingerprint density at radius 1 is 1.12 bits per heavy atom. The van der Waals surface area contributed by atoms with E-state index in [9.17, 15) is 4.79 Å². The van der Waals surface area contributed by atoms with Gasteiger partial charge in [0, 0.05) is 42.0 Å². The van der Waals surface area contributed by atoms with E-state index in [-0.39, 0.29) is 5.91 Å². The van der Waals surface area contributed by atoms with E-state index >= 15 is 0 Å². The smallest absolute Gasteiger partial charge is 0.224 e. The quantitative estimate of drug-likeness (QED) is 0.612. The van der Waals surface area contributed by atoms with Gasteiger partial charge >= 0.3 is 0 Å². The summed E-state index contributed by atoms with van der Waals surface area (Å²) in [5.41, 5.74) is 4.63. The summed E-state index contributed by atoms with van der Waals surface area (Å²) in [7, 11) is 0. The van der Waals surface area contributed by atoms with Crippen LogP contribution in [0.2, 0.25) is 5.02 Å². The molecule has 0 atom stereocenters. The molecule has 1 aliphatic heterocycles. The van der Waals surface area contributed by atoms with Gasteiger partial charge in [-0.05, 0) is 50.5 Å². The van der Waals surface area contributed by atoms with E-state index < -0.39 is 0 Å². The summed E-state index contributed by atoms with van der Waals surface area (Å²) in [6, 6.07) is 7.42. The predicted octanol–water partition coefficient (Wildman–Crippen LogP) is 3.65. The molecule has 2 aromatic heterocycles. The zero-order chi connectivity index (χ0) is 22.7. The molecule has 4 rings (SSSR count). The Morgan fingerprint density at radius 2 is 1.88 bits per heavy atom. The van der Waals surface area contributed by atoms with Gasteiger partial charge in [0.25, 0.3) is 0 Å². The SMILES string of the molecule is Cc1ccc(Cl)cc1NC(=O)CCc1c(C)nn(-c2cc(N3CCOCC3)ncn2)c1C. The number of anilines is 2.